The van der Waals surface area contributed by atoms with Crippen molar-refractivity contribution in [1.82, 2.24) is 4.40 Å². The van der Waals surface area contributed by atoms with Gasteiger partial charge in [-0.2, -0.15) is 0 Å². The van der Waals surface area contributed by atoms with E-state index in [1.54, 1.807) is 10.5 Å². The minimum atomic E-state index is 0.00111. The summed E-state index contributed by atoms with van der Waals surface area (Å²) in [6.07, 6.45) is 1.84. The van der Waals surface area contributed by atoms with E-state index in [1.165, 1.54) is 6.92 Å². The lowest BCUT2D eigenvalue weighted by Crippen LogP contribution is -1.98. The van der Waals surface area contributed by atoms with Crippen LogP contribution >= 0.6 is 0 Å². The van der Waals surface area contributed by atoms with Crippen molar-refractivity contribution in [3.63, 3.8) is 0 Å². The minimum absolute atomic E-state index is 0.00111. The Morgan fingerprint density at radius 3 is 2.85 bits per heavy atom. The van der Waals surface area contributed by atoms with Crippen LogP contribution in [-0.4, -0.2) is 10.2 Å². The second-order valence-corrected chi connectivity index (χ2v) is 2.99. The van der Waals surface area contributed by atoms with Crippen LogP contribution in [-0.2, 0) is 0 Å². The lowest BCUT2D eigenvalue weighted by Gasteiger charge is -1.96. The number of fused-ring (bicyclic) bond motifs is 1. The van der Waals surface area contributed by atoms with Crippen LogP contribution in [0.3, 0.4) is 0 Å². The molecule has 0 fully saturated rings. The number of nitrogens with zero attached hydrogens (tertiary/aromatic N) is 1. The normalized spacial score (nSPS) is 10.5. The summed E-state index contributed by atoms with van der Waals surface area (Å²) < 4.78 is 1.80. The zero-order chi connectivity index (χ0) is 9.42. The number of nitrogens with two attached hydrogens (primary N) is 1. The van der Waals surface area contributed by atoms with Crippen LogP contribution in [0.5, 0.6) is 0 Å². The maximum atomic E-state index is 11.1. The molecule has 66 valence electrons. The Hall–Kier alpha value is -1.77. The molecule has 2 rings (SSSR count). The lowest BCUT2D eigenvalue weighted by atomic mass is 10.2. The third-order valence-electron chi connectivity index (χ3n) is 2.10. The standard InChI is InChI=1S/C10H10N2O/c1-7(13)9-6-8-4-2-3-5-12(8)10(9)11/h2-6H,11H2,1H3. The molecule has 13 heavy (non-hydrogen) atoms. The van der Waals surface area contributed by atoms with Gasteiger partial charge in [0.2, 0.25) is 0 Å². The van der Waals surface area contributed by atoms with Gasteiger partial charge in [0.1, 0.15) is 5.82 Å². The second kappa shape index (κ2) is 2.62. The summed E-state index contributed by atoms with van der Waals surface area (Å²) in [7, 11) is 0. The summed E-state index contributed by atoms with van der Waals surface area (Å²) in [5.41, 5.74) is 7.32. The van der Waals surface area contributed by atoms with Gasteiger partial charge in [0.05, 0.1) is 5.56 Å². The van der Waals surface area contributed by atoms with E-state index in [4.69, 9.17) is 5.73 Å². The number of hydrogen-bond acceptors (Lipinski definition) is 2. The summed E-state index contributed by atoms with van der Waals surface area (Å²) >= 11 is 0. The molecule has 0 aliphatic rings. The smallest absolute Gasteiger partial charge is 0.163 e. The summed E-state index contributed by atoms with van der Waals surface area (Å²) in [5.74, 6) is 0.518. The predicted octanol–water partition coefficient (Wildman–Crippen LogP) is 1.72. The highest BCUT2D eigenvalue weighted by molar-refractivity contribution is 6.00. The number of ketones is 1. The molecule has 3 heteroatoms. The monoisotopic (exact) mass is 174 g/mol. The van der Waals surface area contributed by atoms with Gasteiger partial charge in [0, 0.05) is 11.7 Å². The third kappa shape index (κ3) is 1.09. The Bertz CT molecular complexity index is 471. The van der Waals surface area contributed by atoms with Gasteiger partial charge in [0.15, 0.2) is 5.78 Å². The molecular weight excluding hydrogens is 164 g/mol. The highest BCUT2D eigenvalue weighted by Crippen LogP contribution is 2.18. The fourth-order valence-electron chi connectivity index (χ4n) is 1.43. The average molecular weight is 174 g/mol. The summed E-state index contributed by atoms with van der Waals surface area (Å²) in [6.45, 7) is 1.52. The van der Waals surface area contributed by atoms with Crippen LogP contribution in [0.15, 0.2) is 30.5 Å². The molecule has 0 spiro atoms. The van der Waals surface area contributed by atoms with Gasteiger partial charge >= 0.3 is 0 Å². The van der Waals surface area contributed by atoms with Crippen LogP contribution in [0, 0.1) is 0 Å². The Kier molecular flexibility index (Phi) is 1.59. The Morgan fingerprint density at radius 1 is 1.46 bits per heavy atom. The SMILES string of the molecule is CC(=O)c1cc2ccccn2c1N. The number of hydrogen-bond donors (Lipinski definition) is 1. The zero-order valence-corrected chi connectivity index (χ0v) is 7.32. The van der Waals surface area contributed by atoms with Crippen LogP contribution < -0.4 is 5.73 Å². The molecule has 2 heterocycles. The van der Waals surface area contributed by atoms with Crippen molar-refractivity contribution in [3.05, 3.63) is 36.0 Å². The van der Waals surface area contributed by atoms with Gasteiger partial charge in [-0.1, -0.05) is 6.07 Å². The fraction of sp³-hybridized carbons (Fsp3) is 0.100. The van der Waals surface area contributed by atoms with Crippen LogP contribution in [0.25, 0.3) is 5.52 Å². The molecule has 0 aliphatic carbocycles. The summed E-state index contributed by atoms with van der Waals surface area (Å²) in [6, 6.07) is 7.52. The molecule has 2 aromatic heterocycles. The molecule has 0 unspecified atom stereocenters. The van der Waals surface area contributed by atoms with Crippen molar-refractivity contribution in [2.24, 2.45) is 0 Å². The van der Waals surface area contributed by atoms with E-state index in [0.29, 0.717) is 11.4 Å². The minimum Gasteiger partial charge on any atom is -0.384 e. The number of rotatable bonds is 1. The van der Waals surface area contributed by atoms with E-state index in [9.17, 15) is 4.79 Å². The quantitative estimate of drug-likeness (QED) is 0.669. The molecular formula is C10H10N2O. The summed E-state index contributed by atoms with van der Waals surface area (Å²) in [5, 5.41) is 0. The first kappa shape index (κ1) is 7.86. The number of aromatic nitrogens is 1. The first-order valence-electron chi connectivity index (χ1n) is 4.06. The van der Waals surface area contributed by atoms with Crippen LogP contribution in [0.1, 0.15) is 17.3 Å². The van der Waals surface area contributed by atoms with E-state index in [0.717, 1.165) is 5.52 Å². The van der Waals surface area contributed by atoms with Gasteiger partial charge in [-0.15, -0.1) is 0 Å². The number of Topliss-reactive ketones (excluding diaryl/α,β-unsaturated/α-hetero) is 1. The molecule has 0 saturated heterocycles. The van der Waals surface area contributed by atoms with E-state index in [-0.39, 0.29) is 5.78 Å². The Labute approximate surface area is 75.8 Å². The number of pyridine rings is 1. The molecule has 0 aromatic carbocycles. The zero-order valence-electron chi connectivity index (χ0n) is 7.32. The molecule has 3 nitrogen and oxygen atoms in total. The van der Waals surface area contributed by atoms with Crippen molar-refractivity contribution < 1.29 is 4.79 Å². The first-order valence-corrected chi connectivity index (χ1v) is 4.06. The van der Waals surface area contributed by atoms with E-state index < -0.39 is 0 Å². The van der Waals surface area contributed by atoms with Crippen LogP contribution in [0.2, 0.25) is 0 Å². The third-order valence-corrected chi connectivity index (χ3v) is 2.10. The maximum absolute atomic E-state index is 11.1. The van der Waals surface area contributed by atoms with E-state index in [1.807, 2.05) is 24.4 Å². The van der Waals surface area contributed by atoms with Crippen molar-refractivity contribution in [2.45, 2.75) is 6.92 Å². The molecule has 0 bridgehead atoms. The van der Waals surface area contributed by atoms with Gasteiger partial charge in [0.25, 0.3) is 0 Å². The highest BCUT2D eigenvalue weighted by Gasteiger charge is 2.09. The maximum Gasteiger partial charge on any atom is 0.163 e. The molecule has 0 saturated carbocycles. The highest BCUT2D eigenvalue weighted by atomic mass is 16.1. The molecule has 0 atom stereocenters. The summed E-state index contributed by atoms with van der Waals surface area (Å²) in [4.78, 5) is 11.1. The molecule has 0 aliphatic heterocycles. The molecule has 0 amide bonds. The van der Waals surface area contributed by atoms with Gasteiger partial charge in [-0.05, 0) is 25.1 Å². The van der Waals surface area contributed by atoms with E-state index >= 15 is 0 Å². The number of anilines is 1. The van der Waals surface area contributed by atoms with Crippen molar-refractivity contribution >= 4 is 17.1 Å². The number of nitrogen functional groups attached to an aromatic ring is 1. The number of carbonyl (C=O) groups excluding carboxylic acids is 1. The Balaban J connectivity index is 2.81. The fourth-order valence-corrected chi connectivity index (χ4v) is 1.43. The van der Waals surface area contributed by atoms with Crippen LogP contribution in [0.4, 0.5) is 5.82 Å². The van der Waals surface area contributed by atoms with Gasteiger partial charge in [-0.3, -0.25) is 4.79 Å². The largest absolute Gasteiger partial charge is 0.384 e. The topological polar surface area (TPSA) is 47.5 Å². The lowest BCUT2D eigenvalue weighted by molar-refractivity contribution is 0.101. The van der Waals surface area contributed by atoms with E-state index in [2.05, 4.69) is 0 Å². The Morgan fingerprint density at radius 2 is 2.23 bits per heavy atom. The molecule has 2 N–H and O–H groups in total. The molecule has 2 aromatic rings. The average Bonchev–Trinajstić information content (AvgIpc) is 2.45. The first-order chi connectivity index (χ1) is 6.20. The predicted molar refractivity (Wildman–Crippen MR) is 51.8 cm³/mol. The molecule has 0 radical (unpaired) electrons. The second-order valence-electron chi connectivity index (χ2n) is 2.99. The van der Waals surface area contributed by atoms with Crippen molar-refractivity contribution in [3.8, 4) is 0 Å². The van der Waals surface area contributed by atoms with Crippen molar-refractivity contribution in [2.75, 3.05) is 5.73 Å². The van der Waals surface area contributed by atoms with Crippen molar-refractivity contribution in [1.29, 1.82) is 0 Å². The number of carbonyl (C=O) groups is 1. The van der Waals surface area contributed by atoms with Gasteiger partial charge < -0.3 is 10.1 Å². The van der Waals surface area contributed by atoms with Gasteiger partial charge in [-0.25, -0.2) is 0 Å².